The van der Waals surface area contributed by atoms with Gasteiger partial charge in [0.05, 0.1) is 0 Å². The van der Waals surface area contributed by atoms with Crippen LogP contribution in [0.2, 0.25) is 0 Å². The summed E-state index contributed by atoms with van der Waals surface area (Å²) in [6.45, 7) is 6.01. The molecule has 0 aliphatic carbocycles. The van der Waals surface area contributed by atoms with E-state index in [4.69, 9.17) is 0 Å². The fourth-order valence-corrected chi connectivity index (χ4v) is 2.61. The molecule has 2 aromatic rings. The van der Waals surface area contributed by atoms with Gasteiger partial charge in [-0.15, -0.1) is 11.3 Å². The fourth-order valence-electron chi connectivity index (χ4n) is 1.81. The van der Waals surface area contributed by atoms with Gasteiger partial charge in [0, 0.05) is 11.1 Å². The van der Waals surface area contributed by atoms with Gasteiger partial charge in [-0.25, -0.2) is 4.98 Å². The first-order valence-corrected chi connectivity index (χ1v) is 6.12. The molecular formula is C13H15NOS. The zero-order chi connectivity index (χ0) is 11.7. The van der Waals surface area contributed by atoms with Crippen LogP contribution in [0.25, 0.3) is 0 Å². The molecule has 0 saturated carbocycles. The van der Waals surface area contributed by atoms with Crippen molar-refractivity contribution in [2.45, 2.75) is 26.9 Å². The maximum absolute atomic E-state index is 10.2. The molecule has 1 aromatic carbocycles. The van der Waals surface area contributed by atoms with Gasteiger partial charge < -0.3 is 5.11 Å². The third kappa shape index (κ3) is 2.31. The van der Waals surface area contributed by atoms with Gasteiger partial charge >= 0.3 is 0 Å². The molecular weight excluding hydrogens is 218 g/mol. The van der Waals surface area contributed by atoms with Gasteiger partial charge in [-0.1, -0.05) is 29.3 Å². The van der Waals surface area contributed by atoms with Crippen molar-refractivity contribution < 1.29 is 5.11 Å². The molecule has 1 atom stereocenters. The number of nitrogens with zero attached hydrogens (tertiary/aromatic N) is 1. The largest absolute Gasteiger partial charge is 0.381 e. The normalized spacial score (nSPS) is 12.8. The zero-order valence-corrected chi connectivity index (χ0v) is 10.5. The Labute approximate surface area is 99.6 Å². The summed E-state index contributed by atoms with van der Waals surface area (Å²) in [6, 6.07) is 6.12. The quantitative estimate of drug-likeness (QED) is 0.864. The summed E-state index contributed by atoms with van der Waals surface area (Å²) in [5, 5.41) is 12.9. The summed E-state index contributed by atoms with van der Waals surface area (Å²) in [5.74, 6) is 0. The lowest BCUT2D eigenvalue weighted by atomic mass is 10.0. The van der Waals surface area contributed by atoms with Crippen LogP contribution in [0, 0.1) is 20.8 Å². The van der Waals surface area contributed by atoms with Gasteiger partial charge in [-0.2, -0.15) is 0 Å². The van der Waals surface area contributed by atoms with E-state index in [0.717, 1.165) is 16.3 Å². The van der Waals surface area contributed by atoms with E-state index in [9.17, 15) is 5.11 Å². The fraction of sp³-hybridized carbons (Fsp3) is 0.308. The van der Waals surface area contributed by atoms with Crippen LogP contribution in [0.5, 0.6) is 0 Å². The number of aliphatic hydroxyl groups is 1. The highest BCUT2D eigenvalue weighted by molar-refractivity contribution is 7.09. The molecule has 84 valence electrons. The Balaban J connectivity index is 2.37. The van der Waals surface area contributed by atoms with Gasteiger partial charge in [0.25, 0.3) is 0 Å². The molecule has 0 bridgehead atoms. The highest BCUT2D eigenvalue weighted by atomic mass is 32.1. The molecule has 0 radical (unpaired) electrons. The second-order valence-electron chi connectivity index (χ2n) is 4.15. The lowest BCUT2D eigenvalue weighted by Gasteiger charge is -2.10. The molecule has 2 rings (SSSR count). The third-order valence-electron chi connectivity index (χ3n) is 2.43. The molecule has 0 fully saturated rings. The second kappa shape index (κ2) is 4.36. The highest BCUT2D eigenvalue weighted by Crippen LogP contribution is 2.26. The standard InChI is InChI=1S/C13H15NOS/c1-8-4-9(2)6-11(5-8)12(15)13-14-10(3)7-16-13/h4-7,12,15H,1-3H3. The predicted molar refractivity (Wildman–Crippen MR) is 66.8 cm³/mol. The van der Waals surface area contributed by atoms with Crippen LogP contribution in [-0.2, 0) is 0 Å². The van der Waals surface area contributed by atoms with Gasteiger partial charge in [-0.05, 0) is 26.3 Å². The summed E-state index contributed by atoms with van der Waals surface area (Å²) >= 11 is 1.50. The third-order valence-corrected chi connectivity index (χ3v) is 3.45. The van der Waals surface area contributed by atoms with Gasteiger partial charge in [0.15, 0.2) is 0 Å². The molecule has 0 amide bonds. The average Bonchev–Trinajstić information content (AvgIpc) is 2.62. The molecule has 1 N–H and O–H groups in total. The van der Waals surface area contributed by atoms with Crippen LogP contribution in [0.3, 0.4) is 0 Å². The summed E-state index contributed by atoms with van der Waals surface area (Å²) in [4.78, 5) is 4.31. The van der Waals surface area contributed by atoms with Crippen LogP contribution >= 0.6 is 11.3 Å². The first-order valence-electron chi connectivity index (χ1n) is 5.24. The number of benzene rings is 1. The van der Waals surface area contributed by atoms with Crippen molar-refractivity contribution in [3.8, 4) is 0 Å². The van der Waals surface area contributed by atoms with Gasteiger partial charge in [0.1, 0.15) is 11.1 Å². The molecule has 1 aromatic heterocycles. The van der Waals surface area contributed by atoms with E-state index in [2.05, 4.69) is 11.1 Å². The molecule has 3 heteroatoms. The van der Waals surface area contributed by atoms with E-state index in [1.165, 1.54) is 22.5 Å². The summed E-state index contributed by atoms with van der Waals surface area (Å²) < 4.78 is 0. The number of hydrogen-bond donors (Lipinski definition) is 1. The minimum absolute atomic E-state index is 0.600. The maximum atomic E-state index is 10.2. The van der Waals surface area contributed by atoms with E-state index in [1.807, 2.05) is 38.3 Å². The number of hydrogen-bond acceptors (Lipinski definition) is 3. The number of thiazole rings is 1. The number of aliphatic hydroxyl groups excluding tert-OH is 1. The van der Waals surface area contributed by atoms with Crippen molar-refractivity contribution in [3.63, 3.8) is 0 Å². The number of aromatic nitrogens is 1. The molecule has 0 saturated heterocycles. The van der Waals surface area contributed by atoms with Crippen LogP contribution in [0.15, 0.2) is 23.6 Å². The molecule has 1 heterocycles. The smallest absolute Gasteiger partial charge is 0.131 e. The molecule has 1 unspecified atom stereocenters. The Hall–Kier alpha value is -1.19. The van der Waals surface area contributed by atoms with Crippen molar-refractivity contribution in [1.82, 2.24) is 4.98 Å². The Kier molecular flexibility index (Phi) is 3.08. The minimum Gasteiger partial charge on any atom is -0.381 e. The van der Waals surface area contributed by atoms with Crippen LogP contribution < -0.4 is 0 Å². The van der Waals surface area contributed by atoms with Crippen molar-refractivity contribution in [1.29, 1.82) is 0 Å². The van der Waals surface area contributed by atoms with Crippen molar-refractivity contribution in [2.75, 3.05) is 0 Å². The Morgan fingerprint density at radius 2 is 1.75 bits per heavy atom. The van der Waals surface area contributed by atoms with Crippen LogP contribution in [0.1, 0.15) is 33.5 Å². The summed E-state index contributed by atoms with van der Waals surface area (Å²) in [5.41, 5.74) is 4.22. The molecule has 2 nitrogen and oxygen atoms in total. The topological polar surface area (TPSA) is 33.1 Å². The Bertz CT molecular complexity index is 484. The van der Waals surface area contributed by atoms with E-state index < -0.39 is 6.10 Å². The van der Waals surface area contributed by atoms with E-state index >= 15 is 0 Å². The molecule has 0 aliphatic heterocycles. The monoisotopic (exact) mass is 233 g/mol. The van der Waals surface area contributed by atoms with Crippen LogP contribution in [-0.4, -0.2) is 10.1 Å². The molecule has 0 spiro atoms. The van der Waals surface area contributed by atoms with E-state index in [-0.39, 0.29) is 0 Å². The number of aryl methyl sites for hydroxylation is 3. The van der Waals surface area contributed by atoms with E-state index in [0.29, 0.717) is 0 Å². The molecule has 16 heavy (non-hydrogen) atoms. The van der Waals surface area contributed by atoms with Crippen molar-refractivity contribution >= 4 is 11.3 Å². The van der Waals surface area contributed by atoms with Crippen molar-refractivity contribution in [2.24, 2.45) is 0 Å². The average molecular weight is 233 g/mol. The lowest BCUT2D eigenvalue weighted by Crippen LogP contribution is -2.00. The minimum atomic E-state index is -0.600. The second-order valence-corrected chi connectivity index (χ2v) is 5.04. The Morgan fingerprint density at radius 1 is 1.12 bits per heavy atom. The maximum Gasteiger partial charge on any atom is 0.131 e. The SMILES string of the molecule is Cc1cc(C)cc(C(O)c2nc(C)cs2)c1. The van der Waals surface area contributed by atoms with Gasteiger partial charge in [0.2, 0.25) is 0 Å². The van der Waals surface area contributed by atoms with Crippen molar-refractivity contribution in [3.05, 3.63) is 51.0 Å². The molecule has 0 aliphatic rings. The first-order chi connectivity index (χ1) is 7.56. The first kappa shape index (κ1) is 11.3. The highest BCUT2D eigenvalue weighted by Gasteiger charge is 2.14. The lowest BCUT2D eigenvalue weighted by molar-refractivity contribution is 0.219. The predicted octanol–water partition coefficient (Wildman–Crippen LogP) is 3.15. The number of rotatable bonds is 2. The van der Waals surface area contributed by atoms with E-state index in [1.54, 1.807) is 0 Å². The van der Waals surface area contributed by atoms with Crippen LogP contribution in [0.4, 0.5) is 0 Å². The summed E-state index contributed by atoms with van der Waals surface area (Å²) in [7, 11) is 0. The summed E-state index contributed by atoms with van der Waals surface area (Å²) in [6.07, 6.45) is -0.600. The Morgan fingerprint density at radius 3 is 2.25 bits per heavy atom. The zero-order valence-electron chi connectivity index (χ0n) is 9.69. The van der Waals surface area contributed by atoms with Gasteiger partial charge in [-0.3, -0.25) is 0 Å².